The Hall–Kier alpha value is -3.33. The van der Waals surface area contributed by atoms with E-state index in [1.165, 1.54) is 17.1 Å². The van der Waals surface area contributed by atoms with Gasteiger partial charge in [0.25, 0.3) is 0 Å². The third-order valence-electron chi connectivity index (χ3n) is 4.20. The third-order valence-corrected chi connectivity index (χ3v) is 4.40. The molecule has 0 fully saturated rings. The first kappa shape index (κ1) is 20.4. The maximum Gasteiger partial charge on any atom is 0.243 e. The predicted octanol–water partition coefficient (Wildman–Crippen LogP) is 2.56. The van der Waals surface area contributed by atoms with E-state index in [9.17, 15) is 14.0 Å². The van der Waals surface area contributed by atoms with Crippen molar-refractivity contribution in [3.05, 3.63) is 66.0 Å². The highest BCUT2D eigenvalue weighted by molar-refractivity contribution is 7.80. The Morgan fingerprint density at radius 3 is 2.52 bits per heavy atom. The minimum Gasteiger partial charge on any atom is -0.329 e. The summed E-state index contributed by atoms with van der Waals surface area (Å²) in [7, 11) is 0. The lowest BCUT2D eigenvalue weighted by atomic mass is 10.1. The maximum atomic E-state index is 13.6. The molecule has 0 radical (unpaired) electrons. The van der Waals surface area contributed by atoms with Crippen molar-refractivity contribution in [2.45, 2.75) is 19.3 Å². The normalized spacial score (nSPS) is 12.9. The van der Waals surface area contributed by atoms with E-state index in [1.807, 2.05) is 30.3 Å². The molecule has 1 heterocycles. The zero-order chi connectivity index (χ0) is 20.6. The van der Waals surface area contributed by atoms with Gasteiger partial charge in [0.05, 0.1) is 17.9 Å². The Bertz CT molecular complexity index is 935. The molecular weight excluding hydrogens is 393 g/mol. The van der Waals surface area contributed by atoms with Gasteiger partial charge in [0.1, 0.15) is 5.82 Å². The molecule has 29 heavy (non-hydrogen) atoms. The molecule has 0 aliphatic carbocycles. The zero-order valence-electron chi connectivity index (χ0n) is 15.5. The number of hydrazone groups is 1. The lowest BCUT2D eigenvalue weighted by Crippen LogP contribution is -2.44. The number of amides is 2. The predicted molar refractivity (Wildman–Crippen MR) is 112 cm³/mol. The smallest absolute Gasteiger partial charge is 0.243 e. The summed E-state index contributed by atoms with van der Waals surface area (Å²) in [4.78, 5) is 24.2. The van der Waals surface area contributed by atoms with Gasteiger partial charge in [-0.25, -0.2) is 9.40 Å². The van der Waals surface area contributed by atoms with E-state index in [0.717, 1.165) is 11.3 Å². The van der Waals surface area contributed by atoms with Crippen molar-refractivity contribution < 1.29 is 14.0 Å². The Labute approximate surface area is 172 Å². The lowest BCUT2D eigenvalue weighted by Gasteiger charge is -2.13. The molecule has 7 nitrogen and oxygen atoms in total. The summed E-state index contributed by atoms with van der Waals surface area (Å²) in [6.07, 6.45) is 0.674. The quantitative estimate of drug-likeness (QED) is 0.518. The summed E-state index contributed by atoms with van der Waals surface area (Å²) in [5.74, 6) is -1.10. The van der Waals surface area contributed by atoms with Crippen LogP contribution in [0.2, 0.25) is 0 Å². The summed E-state index contributed by atoms with van der Waals surface area (Å²) in [6, 6.07) is 15.7. The molecule has 2 aromatic carbocycles. The van der Waals surface area contributed by atoms with Crippen LogP contribution in [0.15, 0.2) is 59.7 Å². The van der Waals surface area contributed by atoms with Gasteiger partial charge in [-0.3, -0.25) is 20.4 Å². The van der Waals surface area contributed by atoms with Crippen LogP contribution >= 0.6 is 12.2 Å². The van der Waals surface area contributed by atoms with Crippen LogP contribution < -0.4 is 16.2 Å². The largest absolute Gasteiger partial charge is 0.329 e. The van der Waals surface area contributed by atoms with Crippen LogP contribution in [0, 0.1) is 5.82 Å². The first-order valence-corrected chi connectivity index (χ1v) is 9.47. The minimum atomic E-state index is -0.463. The Morgan fingerprint density at radius 2 is 1.76 bits per heavy atom. The van der Waals surface area contributed by atoms with E-state index in [-0.39, 0.29) is 29.5 Å². The van der Waals surface area contributed by atoms with E-state index in [1.54, 1.807) is 12.1 Å². The Morgan fingerprint density at radius 1 is 1.03 bits per heavy atom. The molecule has 0 unspecified atom stereocenters. The molecule has 0 bridgehead atoms. The van der Waals surface area contributed by atoms with Crippen molar-refractivity contribution in [3.63, 3.8) is 0 Å². The average Bonchev–Trinajstić information content (AvgIpc) is 3.23. The van der Waals surface area contributed by atoms with E-state index in [4.69, 9.17) is 12.2 Å². The number of hydrogen-bond donors (Lipinski definition) is 3. The summed E-state index contributed by atoms with van der Waals surface area (Å²) in [5, 5.41) is 8.42. The van der Waals surface area contributed by atoms with Crippen molar-refractivity contribution in [1.82, 2.24) is 15.9 Å². The molecule has 0 saturated carbocycles. The number of hydrazine groups is 1. The Balaban J connectivity index is 1.40. The molecule has 0 spiro atoms. The van der Waals surface area contributed by atoms with E-state index < -0.39 is 11.7 Å². The van der Waals surface area contributed by atoms with E-state index >= 15 is 0 Å². The molecule has 9 heteroatoms. The van der Waals surface area contributed by atoms with Crippen LogP contribution in [-0.2, 0) is 9.59 Å². The number of benzene rings is 2. The molecule has 3 rings (SSSR count). The van der Waals surface area contributed by atoms with Crippen molar-refractivity contribution in [3.8, 4) is 0 Å². The van der Waals surface area contributed by atoms with Crippen LogP contribution in [0.25, 0.3) is 0 Å². The van der Waals surface area contributed by atoms with Gasteiger partial charge >= 0.3 is 0 Å². The van der Waals surface area contributed by atoms with Crippen LogP contribution in [0.1, 0.15) is 24.8 Å². The minimum absolute atomic E-state index is 0.0204. The van der Waals surface area contributed by atoms with Gasteiger partial charge < -0.3 is 5.32 Å². The number of halogens is 1. The number of carbonyl (C=O) groups is 2. The molecule has 2 amide bonds. The van der Waals surface area contributed by atoms with Crippen molar-refractivity contribution in [2.75, 3.05) is 11.9 Å². The first-order valence-electron chi connectivity index (χ1n) is 9.06. The zero-order valence-corrected chi connectivity index (χ0v) is 16.3. The molecule has 2 aromatic rings. The second-order valence-electron chi connectivity index (χ2n) is 6.29. The SMILES string of the molecule is O=C(CCC(=O)N1CCC(c2ccccc2)=N1)NNC(=S)Nc1ccccc1F. The van der Waals surface area contributed by atoms with Crippen molar-refractivity contribution in [2.24, 2.45) is 5.10 Å². The summed E-state index contributed by atoms with van der Waals surface area (Å²) in [5.41, 5.74) is 6.90. The summed E-state index contributed by atoms with van der Waals surface area (Å²) in [6.45, 7) is 0.500. The standard InChI is InChI=1S/C20H20FN5O2S/c21-15-8-4-5-9-17(15)22-20(29)24-23-18(27)10-11-19(28)26-13-12-16(25-26)14-6-2-1-3-7-14/h1-9H,10-13H2,(H,23,27)(H2,22,24,29). The number of nitrogens with zero attached hydrogens (tertiary/aromatic N) is 2. The van der Waals surface area contributed by atoms with Crippen LogP contribution in [0.3, 0.4) is 0 Å². The second-order valence-corrected chi connectivity index (χ2v) is 6.69. The highest BCUT2D eigenvalue weighted by Crippen LogP contribution is 2.15. The molecule has 0 aromatic heterocycles. The maximum absolute atomic E-state index is 13.6. The highest BCUT2D eigenvalue weighted by Gasteiger charge is 2.21. The number of carbonyl (C=O) groups excluding carboxylic acids is 2. The third kappa shape index (κ3) is 5.82. The number of anilines is 1. The van der Waals surface area contributed by atoms with Crippen molar-refractivity contribution >= 4 is 40.5 Å². The van der Waals surface area contributed by atoms with Crippen LogP contribution in [-0.4, -0.2) is 34.2 Å². The molecule has 0 atom stereocenters. The fourth-order valence-electron chi connectivity index (χ4n) is 2.73. The second kappa shape index (κ2) is 9.74. The van der Waals surface area contributed by atoms with Gasteiger partial charge in [-0.2, -0.15) is 5.10 Å². The van der Waals surface area contributed by atoms with Gasteiger partial charge in [-0.05, 0) is 29.9 Å². The van der Waals surface area contributed by atoms with Gasteiger partial charge in [-0.15, -0.1) is 0 Å². The number of thiocarbonyl (C=S) groups is 1. The summed E-state index contributed by atoms with van der Waals surface area (Å²) < 4.78 is 13.6. The topological polar surface area (TPSA) is 85.8 Å². The lowest BCUT2D eigenvalue weighted by molar-refractivity contribution is -0.133. The average molecular weight is 413 g/mol. The number of hydrogen-bond acceptors (Lipinski definition) is 4. The molecule has 0 saturated heterocycles. The monoisotopic (exact) mass is 413 g/mol. The molecule has 1 aliphatic heterocycles. The van der Waals surface area contributed by atoms with Gasteiger partial charge in [0.15, 0.2) is 5.11 Å². The fourth-order valence-corrected chi connectivity index (χ4v) is 2.89. The van der Waals surface area contributed by atoms with Crippen LogP contribution in [0.5, 0.6) is 0 Å². The van der Waals surface area contributed by atoms with E-state index in [0.29, 0.717) is 13.0 Å². The molecule has 3 N–H and O–H groups in total. The van der Waals surface area contributed by atoms with Gasteiger partial charge in [-0.1, -0.05) is 42.5 Å². The molecule has 1 aliphatic rings. The fraction of sp³-hybridized carbons (Fsp3) is 0.200. The van der Waals surface area contributed by atoms with Gasteiger partial charge in [0.2, 0.25) is 11.8 Å². The number of para-hydroxylation sites is 1. The Kier molecular flexibility index (Phi) is 6.85. The highest BCUT2D eigenvalue weighted by atomic mass is 32.1. The van der Waals surface area contributed by atoms with Gasteiger partial charge in [0, 0.05) is 19.3 Å². The molecular formula is C20H20FN5O2S. The molecule has 150 valence electrons. The van der Waals surface area contributed by atoms with Crippen molar-refractivity contribution in [1.29, 1.82) is 0 Å². The van der Waals surface area contributed by atoms with E-state index in [2.05, 4.69) is 21.3 Å². The number of rotatable bonds is 5. The first-order chi connectivity index (χ1) is 14.0. The number of nitrogens with one attached hydrogen (secondary N) is 3. The summed E-state index contributed by atoms with van der Waals surface area (Å²) >= 11 is 5.00. The van der Waals surface area contributed by atoms with Crippen LogP contribution in [0.4, 0.5) is 10.1 Å².